The number of rotatable bonds is 3. The van der Waals surface area contributed by atoms with Gasteiger partial charge in [-0.05, 0) is 31.0 Å². The van der Waals surface area contributed by atoms with E-state index in [2.05, 4.69) is 11.8 Å². The topological polar surface area (TPSA) is 33.5 Å². The van der Waals surface area contributed by atoms with Gasteiger partial charge in [-0.25, -0.2) is 0 Å². The van der Waals surface area contributed by atoms with Gasteiger partial charge in [0.25, 0.3) is 0 Å². The highest BCUT2D eigenvalue weighted by molar-refractivity contribution is 5.98. The Morgan fingerprint density at radius 2 is 2.28 bits per heavy atom. The molecule has 3 rings (SSSR count). The number of nitrogens with zero attached hydrogens (tertiary/aromatic N) is 1. The summed E-state index contributed by atoms with van der Waals surface area (Å²) in [4.78, 5) is 14.4. The molecule has 1 unspecified atom stereocenters. The number of hydrogen-bond acceptors (Lipinski definition) is 3. The van der Waals surface area contributed by atoms with E-state index in [1.165, 1.54) is 6.42 Å². The molecule has 1 fully saturated rings. The van der Waals surface area contributed by atoms with Crippen LogP contribution in [0, 0.1) is 5.92 Å². The lowest BCUT2D eigenvalue weighted by molar-refractivity contribution is 0.0918. The molecular weight excluding hydrogens is 226 g/mol. The molecule has 3 heteroatoms. The van der Waals surface area contributed by atoms with Crippen LogP contribution in [0.4, 0.5) is 0 Å². The van der Waals surface area contributed by atoms with Gasteiger partial charge in [-0.3, -0.25) is 9.69 Å². The lowest BCUT2D eigenvalue weighted by atomic mass is 10.2. The summed E-state index contributed by atoms with van der Waals surface area (Å²) in [5.41, 5.74) is 0.788. The van der Waals surface area contributed by atoms with Crippen LogP contribution < -0.4 is 0 Å². The van der Waals surface area contributed by atoms with Crippen molar-refractivity contribution in [1.82, 2.24) is 4.90 Å². The van der Waals surface area contributed by atoms with Crippen molar-refractivity contribution >= 4 is 16.8 Å². The van der Waals surface area contributed by atoms with Crippen molar-refractivity contribution in [2.45, 2.75) is 13.3 Å². The lowest BCUT2D eigenvalue weighted by Crippen LogP contribution is -2.27. The van der Waals surface area contributed by atoms with E-state index in [-0.39, 0.29) is 5.78 Å². The first-order chi connectivity index (χ1) is 8.72. The molecule has 1 saturated heterocycles. The van der Waals surface area contributed by atoms with Crippen LogP contribution in [-0.2, 0) is 0 Å². The molecule has 1 aromatic heterocycles. The van der Waals surface area contributed by atoms with Crippen molar-refractivity contribution in [3.63, 3.8) is 0 Å². The van der Waals surface area contributed by atoms with Crippen LogP contribution in [0.1, 0.15) is 23.9 Å². The Morgan fingerprint density at radius 3 is 3.00 bits per heavy atom. The summed E-state index contributed by atoms with van der Waals surface area (Å²) in [5.74, 6) is 1.27. The van der Waals surface area contributed by atoms with Gasteiger partial charge in [0.05, 0.1) is 6.54 Å². The zero-order valence-corrected chi connectivity index (χ0v) is 10.6. The predicted octanol–water partition coefficient (Wildman–Crippen LogP) is 2.96. The van der Waals surface area contributed by atoms with Gasteiger partial charge in [0.2, 0.25) is 5.78 Å². The molecule has 2 aromatic rings. The fourth-order valence-electron chi connectivity index (χ4n) is 2.57. The van der Waals surface area contributed by atoms with E-state index in [4.69, 9.17) is 4.42 Å². The van der Waals surface area contributed by atoms with Gasteiger partial charge < -0.3 is 4.42 Å². The minimum Gasteiger partial charge on any atom is -0.453 e. The molecule has 0 N–H and O–H groups in total. The summed E-state index contributed by atoms with van der Waals surface area (Å²) in [7, 11) is 0. The van der Waals surface area contributed by atoms with Gasteiger partial charge in [-0.1, -0.05) is 25.1 Å². The summed E-state index contributed by atoms with van der Waals surface area (Å²) in [6, 6.07) is 9.57. The van der Waals surface area contributed by atoms with Crippen molar-refractivity contribution in [2.75, 3.05) is 19.6 Å². The quantitative estimate of drug-likeness (QED) is 0.777. The Morgan fingerprint density at radius 1 is 1.44 bits per heavy atom. The standard InChI is InChI=1S/C15H17NO2/c1-11-6-7-16(9-11)10-13(17)15-8-12-4-2-3-5-14(12)18-15/h2-5,8,11H,6-7,9-10H2,1H3. The summed E-state index contributed by atoms with van der Waals surface area (Å²) in [5, 5.41) is 0.996. The number of likely N-dealkylation sites (tertiary alicyclic amines) is 1. The number of benzene rings is 1. The highest BCUT2D eigenvalue weighted by Gasteiger charge is 2.22. The summed E-state index contributed by atoms with van der Waals surface area (Å²) >= 11 is 0. The first-order valence-electron chi connectivity index (χ1n) is 6.46. The maximum Gasteiger partial charge on any atom is 0.211 e. The number of fused-ring (bicyclic) bond motifs is 1. The van der Waals surface area contributed by atoms with Crippen molar-refractivity contribution in [3.8, 4) is 0 Å². The number of para-hydroxylation sites is 1. The number of hydrogen-bond donors (Lipinski definition) is 0. The Hall–Kier alpha value is -1.61. The van der Waals surface area contributed by atoms with Crippen LogP contribution >= 0.6 is 0 Å². The second-order valence-electron chi connectivity index (χ2n) is 5.20. The zero-order valence-electron chi connectivity index (χ0n) is 10.6. The molecule has 0 aliphatic carbocycles. The molecule has 1 aromatic carbocycles. The van der Waals surface area contributed by atoms with Gasteiger partial charge in [0, 0.05) is 11.9 Å². The number of furan rings is 1. The summed E-state index contributed by atoms with van der Waals surface area (Å²) in [6.45, 7) is 4.74. The van der Waals surface area contributed by atoms with E-state index >= 15 is 0 Å². The van der Waals surface area contributed by atoms with Gasteiger partial charge in [0.15, 0.2) is 5.76 Å². The first-order valence-corrected chi connectivity index (χ1v) is 6.46. The molecule has 0 radical (unpaired) electrons. The lowest BCUT2D eigenvalue weighted by Gasteiger charge is -2.12. The fourth-order valence-corrected chi connectivity index (χ4v) is 2.57. The van der Waals surface area contributed by atoms with Crippen LogP contribution in [0.25, 0.3) is 11.0 Å². The molecule has 0 spiro atoms. The molecule has 94 valence electrons. The number of Topliss-reactive ketones (excluding diaryl/α,β-unsaturated/α-hetero) is 1. The average molecular weight is 243 g/mol. The van der Waals surface area contributed by atoms with Gasteiger partial charge in [-0.15, -0.1) is 0 Å². The third kappa shape index (κ3) is 2.18. The van der Waals surface area contributed by atoms with E-state index in [1.54, 1.807) is 0 Å². The van der Waals surface area contributed by atoms with Crippen LogP contribution in [0.2, 0.25) is 0 Å². The summed E-state index contributed by atoms with van der Waals surface area (Å²) < 4.78 is 5.59. The van der Waals surface area contributed by atoms with Crippen molar-refractivity contribution in [2.24, 2.45) is 5.92 Å². The van der Waals surface area contributed by atoms with Crippen molar-refractivity contribution in [1.29, 1.82) is 0 Å². The van der Waals surface area contributed by atoms with Crippen LogP contribution in [0.15, 0.2) is 34.7 Å². The highest BCUT2D eigenvalue weighted by Crippen LogP contribution is 2.20. The van der Waals surface area contributed by atoms with Gasteiger partial charge >= 0.3 is 0 Å². The number of carbonyl (C=O) groups is 1. The van der Waals surface area contributed by atoms with Crippen LogP contribution in [0.5, 0.6) is 0 Å². The van der Waals surface area contributed by atoms with E-state index in [0.717, 1.165) is 24.1 Å². The molecule has 3 nitrogen and oxygen atoms in total. The molecule has 1 atom stereocenters. The molecular formula is C15H17NO2. The van der Waals surface area contributed by atoms with E-state index in [1.807, 2.05) is 30.3 Å². The minimum absolute atomic E-state index is 0.0836. The molecule has 0 saturated carbocycles. The minimum atomic E-state index is 0.0836. The van der Waals surface area contributed by atoms with E-state index < -0.39 is 0 Å². The SMILES string of the molecule is CC1CCN(CC(=O)c2cc3ccccc3o2)C1. The Kier molecular flexibility index (Phi) is 2.92. The average Bonchev–Trinajstić information content (AvgIpc) is 2.95. The van der Waals surface area contributed by atoms with Gasteiger partial charge in [0.1, 0.15) is 5.58 Å². The smallest absolute Gasteiger partial charge is 0.211 e. The third-order valence-corrected chi connectivity index (χ3v) is 3.58. The van der Waals surface area contributed by atoms with Crippen LogP contribution in [-0.4, -0.2) is 30.3 Å². The Bertz CT molecular complexity index is 540. The maximum atomic E-state index is 12.1. The van der Waals surface area contributed by atoms with Crippen molar-refractivity contribution < 1.29 is 9.21 Å². The highest BCUT2D eigenvalue weighted by atomic mass is 16.3. The zero-order chi connectivity index (χ0) is 12.5. The van der Waals surface area contributed by atoms with E-state index in [0.29, 0.717) is 18.2 Å². The number of ketones is 1. The molecule has 0 bridgehead atoms. The van der Waals surface area contributed by atoms with E-state index in [9.17, 15) is 4.79 Å². The Labute approximate surface area is 106 Å². The van der Waals surface area contributed by atoms with Crippen LogP contribution in [0.3, 0.4) is 0 Å². The third-order valence-electron chi connectivity index (χ3n) is 3.58. The monoisotopic (exact) mass is 243 g/mol. The second kappa shape index (κ2) is 4.58. The second-order valence-corrected chi connectivity index (χ2v) is 5.20. The first kappa shape index (κ1) is 11.5. The normalized spacial score (nSPS) is 20.6. The fraction of sp³-hybridized carbons (Fsp3) is 0.400. The van der Waals surface area contributed by atoms with Gasteiger partial charge in [-0.2, -0.15) is 0 Å². The largest absolute Gasteiger partial charge is 0.453 e. The molecule has 1 aliphatic heterocycles. The molecule has 1 aliphatic rings. The molecule has 18 heavy (non-hydrogen) atoms. The maximum absolute atomic E-state index is 12.1. The predicted molar refractivity (Wildman–Crippen MR) is 70.8 cm³/mol. The molecule has 2 heterocycles. The Balaban J connectivity index is 1.75. The molecule has 0 amide bonds. The number of carbonyl (C=O) groups excluding carboxylic acids is 1. The van der Waals surface area contributed by atoms with Crippen molar-refractivity contribution in [3.05, 3.63) is 36.1 Å². The summed E-state index contributed by atoms with van der Waals surface area (Å²) in [6.07, 6.45) is 1.19.